The molecular weight excluding hydrogens is 512 g/mol. The Morgan fingerprint density at radius 3 is 2.69 bits per heavy atom. The molecule has 1 aliphatic carbocycles. The Morgan fingerprint density at radius 2 is 2.06 bits per heavy atom. The number of fused-ring (bicyclic) bond motifs is 1. The molecule has 2 saturated heterocycles. The lowest BCUT2D eigenvalue weighted by Gasteiger charge is -2.46. The van der Waals surface area contributed by atoms with E-state index < -0.39 is 30.4 Å². The summed E-state index contributed by atoms with van der Waals surface area (Å²) in [4.78, 5) is 40.4. The molecule has 2 unspecified atom stereocenters. The molecule has 0 aromatic heterocycles. The topological polar surface area (TPSA) is 138 Å². The van der Waals surface area contributed by atoms with Gasteiger partial charge in [0.25, 0.3) is 0 Å². The van der Waals surface area contributed by atoms with Gasteiger partial charge in [0.2, 0.25) is 12.2 Å². The molecule has 4 rings (SSSR count). The molecule has 36 heavy (non-hydrogen) atoms. The second-order valence-corrected chi connectivity index (χ2v) is 10.7. The quantitative estimate of drug-likeness (QED) is 0.265. The van der Waals surface area contributed by atoms with Crippen LogP contribution in [0.15, 0.2) is 22.4 Å². The van der Waals surface area contributed by atoms with Crippen molar-refractivity contribution < 1.29 is 38.4 Å². The summed E-state index contributed by atoms with van der Waals surface area (Å²) in [5.74, 6) is -1.31. The van der Waals surface area contributed by atoms with Gasteiger partial charge in [-0.05, 0) is 38.7 Å². The van der Waals surface area contributed by atoms with Gasteiger partial charge in [0.05, 0.1) is 24.2 Å². The number of nitrogens with zero attached hydrogens (tertiary/aromatic N) is 1. The van der Waals surface area contributed by atoms with Crippen LogP contribution in [0.1, 0.15) is 52.9 Å². The number of thioether (sulfide) groups is 1. The maximum absolute atomic E-state index is 13.3. The Hall–Kier alpha value is -1.79. The molecule has 3 N–H and O–H groups in total. The molecule has 202 valence electrons. The largest absolute Gasteiger partial charge is 0.516 e. The fraction of sp³-hybridized carbons (Fsp3) is 0.708. The van der Waals surface area contributed by atoms with Crippen molar-refractivity contribution >= 4 is 42.2 Å². The second kappa shape index (κ2) is 12.2. The zero-order valence-electron chi connectivity index (χ0n) is 20.7. The third-order valence-electron chi connectivity index (χ3n) is 6.96. The fourth-order valence-electron chi connectivity index (χ4n) is 5.21. The van der Waals surface area contributed by atoms with Gasteiger partial charge in [-0.1, -0.05) is 6.92 Å². The van der Waals surface area contributed by atoms with E-state index in [1.165, 1.54) is 23.6 Å². The van der Waals surface area contributed by atoms with E-state index in [0.29, 0.717) is 30.2 Å². The van der Waals surface area contributed by atoms with Crippen LogP contribution in [0.25, 0.3) is 0 Å². The first-order chi connectivity index (χ1) is 16.7. The van der Waals surface area contributed by atoms with E-state index >= 15 is 0 Å². The highest BCUT2D eigenvalue weighted by atomic mass is 35.5. The minimum atomic E-state index is -1.22. The van der Waals surface area contributed by atoms with Crippen LogP contribution in [0.3, 0.4) is 0 Å². The van der Waals surface area contributed by atoms with E-state index in [9.17, 15) is 19.5 Å². The Bertz CT molecular complexity index is 926. The summed E-state index contributed by atoms with van der Waals surface area (Å²) in [5, 5.41) is 10.2. The van der Waals surface area contributed by atoms with Crippen molar-refractivity contribution in [3.63, 3.8) is 0 Å². The molecule has 12 heteroatoms. The van der Waals surface area contributed by atoms with Gasteiger partial charge in [0, 0.05) is 42.6 Å². The number of esters is 1. The van der Waals surface area contributed by atoms with Crippen LogP contribution >= 0.6 is 24.2 Å². The zero-order chi connectivity index (χ0) is 25.3. The predicted molar refractivity (Wildman–Crippen MR) is 134 cm³/mol. The standard InChI is InChI=1S/C24H34N2O8S.ClH/c1-12-19-18(13(2)27)22(28)26(19)20(21(12)35-17-9-10-31-16(17)11-25)23(29)32-14(3)33-24(30)34-15-7-5-4-6-8-15;/h7,12-14,16-19,27H,4-6,8-11,25H2,1-3H3;1H/t12-,13-,14?,16-,17-,18-,19?;/m1./s1. The third kappa shape index (κ3) is 5.70. The highest BCUT2D eigenvalue weighted by Gasteiger charge is 2.60. The molecule has 1 amide bonds. The Balaban J connectivity index is 0.00000361. The van der Waals surface area contributed by atoms with Gasteiger partial charge in [-0.15, -0.1) is 24.2 Å². The van der Waals surface area contributed by atoms with Crippen molar-refractivity contribution in [3.05, 3.63) is 22.4 Å². The summed E-state index contributed by atoms with van der Waals surface area (Å²) in [5.41, 5.74) is 5.98. The first-order valence-corrected chi connectivity index (χ1v) is 13.1. The number of allylic oxidation sites excluding steroid dienone is 2. The first-order valence-electron chi connectivity index (χ1n) is 12.2. The number of aliphatic hydroxyl groups is 1. The molecule has 0 bridgehead atoms. The minimum Gasteiger partial charge on any atom is -0.421 e. The average Bonchev–Trinajstić information content (AvgIpc) is 3.35. The predicted octanol–water partition coefficient (Wildman–Crippen LogP) is 2.83. The highest BCUT2D eigenvalue weighted by molar-refractivity contribution is 8.03. The number of amides is 1. The van der Waals surface area contributed by atoms with Gasteiger partial charge < -0.3 is 34.7 Å². The van der Waals surface area contributed by atoms with Gasteiger partial charge >= 0.3 is 12.1 Å². The van der Waals surface area contributed by atoms with Crippen molar-refractivity contribution in [2.75, 3.05) is 13.2 Å². The Kier molecular flexibility index (Phi) is 9.73. The number of halogens is 1. The molecule has 0 aromatic rings. The monoisotopic (exact) mass is 546 g/mol. The van der Waals surface area contributed by atoms with Crippen LogP contribution in [0.2, 0.25) is 0 Å². The summed E-state index contributed by atoms with van der Waals surface area (Å²) in [6.07, 6.45) is 2.95. The number of β-lactam (4-membered cyclic amide) rings is 1. The summed E-state index contributed by atoms with van der Waals surface area (Å²) >= 11 is 1.48. The van der Waals surface area contributed by atoms with Gasteiger partial charge in [0.15, 0.2) is 0 Å². The van der Waals surface area contributed by atoms with Gasteiger partial charge in [0.1, 0.15) is 11.5 Å². The minimum absolute atomic E-state index is 0. The number of carbonyl (C=O) groups is 3. The third-order valence-corrected chi connectivity index (χ3v) is 8.62. The van der Waals surface area contributed by atoms with Crippen LogP contribution in [0.4, 0.5) is 4.79 Å². The molecule has 3 heterocycles. The van der Waals surface area contributed by atoms with Crippen molar-refractivity contribution in [3.8, 4) is 0 Å². The molecule has 4 aliphatic rings. The maximum atomic E-state index is 13.3. The molecule has 7 atom stereocenters. The summed E-state index contributed by atoms with van der Waals surface area (Å²) in [6, 6.07) is -0.342. The zero-order valence-corrected chi connectivity index (χ0v) is 22.3. The highest BCUT2D eigenvalue weighted by Crippen LogP contribution is 2.52. The Labute approximate surface area is 221 Å². The maximum Gasteiger partial charge on any atom is 0.516 e. The van der Waals surface area contributed by atoms with Crippen LogP contribution in [-0.4, -0.2) is 71.0 Å². The van der Waals surface area contributed by atoms with Crippen molar-refractivity contribution in [2.24, 2.45) is 17.6 Å². The number of aliphatic hydroxyl groups excluding tert-OH is 1. The number of rotatable bonds is 8. The van der Waals surface area contributed by atoms with Gasteiger partial charge in [-0.2, -0.15) is 0 Å². The lowest BCUT2D eigenvalue weighted by atomic mass is 9.79. The first kappa shape index (κ1) is 28.8. The van der Waals surface area contributed by atoms with E-state index in [2.05, 4.69) is 0 Å². The fourth-order valence-corrected chi connectivity index (χ4v) is 6.74. The van der Waals surface area contributed by atoms with E-state index in [0.717, 1.165) is 25.7 Å². The molecule has 0 radical (unpaired) electrons. The van der Waals surface area contributed by atoms with E-state index in [4.69, 9.17) is 24.7 Å². The summed E-state index contributed by atoms with van der Waals surface area (Å²) < 4.78 is 21.4. The second-order valence-electron chi connectivity index (χ2n) is 9.42. The van der Waals surface area contributed by atoms with Crippen LogP contribution in [-0.2, 0) is 28.5 Å². The summed E-state index contributed by atoms with van der Waals surface area (Å²) in [6.45, 7) is 5.86. The van der Waals surface area contributed by atoms with Crippen molar-refractivity contribution in [1.82, 2.24) is 4.90 Å². The SMILES string of the molecule is CC(OC(=O)OC1=CCCCC1)OC(=O)C1=C(S[C@@H]2CCO[C@@H]2CN)[C@H](C)C2[C@@H]([C@@H](C)O)C(=O)N12.Cl. The Morgan fingerprint density at radius 1 is 1.31 bits per heavy atom. The van der Waals surface area contributed by atoms with Gasteiger partial charge in [-0.25, -0.2) is 9.59 Å². The van der Waals surface area contributed by atoms with Crippen molar-refractivity contribution in [1.29, 1.82) is 0 Å². The lowest BCUT2D eigenvalue weighted by Crippen LogP contribution is -2.63. The molecule has 2 fully saturated rings. The number of nitrogens with two attached hydrogens (primary N) is 1. The van der Waals surface area contributed by atoms with Crippen LogP contribution < -0.4 is 5.73 Å². The molecule has 10 nitrogen and oxygen atoms in total. The van der Waals surface area contributed by atoms with E-state index in [1.54, 1.807) is 6.92 Å². The molecular formula is C24H35ClN2O8S. The number of carbonyl (C=O) groups excluding carboxylic acids is 3. The molecule has 0 saturated carbocycles. The van der Waals surface area contributed by atoms with E-state index in [1.807, 2.05) is 13.0 Å². The number of hydrogen-bond donors (Lipinski definition) is 2. The summed E-state index contributed by atoms with van der Waals surface area (Å²) in [7, 11) is 0. The van der Waals surface area contributed by atoms with Crippen LogP contribution in [0.5, 0.6) is 0 Å². The lowest BCUT2D eigenvalue weighted by molar-refractivity contribution is -0.173. The number of ether oxygens (including phenoxy) is 4. The van der Waals surface area contributed by atoms with Crippen molar-refractivity contribution in [2.45, 2.75) is 82.7 Å². The number of hydrogen-bond acceptors (Lipinski definition) is 10. The van der Waals surface area contributed by atoms with E-state index in [-0.39, 0.29) is 47.3 Å². The molecule has 0 spiro atoms. The molecule has 0 aromatic carbocycles. The van der Waals surface area contributed by atoms with Gasteiger partial charge in [-0.3, -0.25) is 4.79 Å². The van der Waals surface area contributed by atoms with Crippen LogP contribution in [0, 0.1) is 11.8 Å². The molecule has 3 aliphatic heterocycles. The smallest absolute Gasteiger partial charge is 0.421 e. The average molecular weight is 547 g/mol. The normalized spacial score (nSPS) is 31.0.